The van der Waals surface area contributed by atoms with Crippen LogP contribution in [0.3, 0.4) is 0 Å². The molecule has 1 aromatic rings. The Hall–Kier alpha value is -1.71. The lowest BCUT2D eigenvalue weighted by molar-refractivity contribution is 0.276. The first-order chi connectivity index (χ1) is 9.21. The Morgan fingerprint density at radius 1 is 1.21 bits per heavy atom. The zero-order valence-corrected chi connectivity index (χ0v) is 12.0. The van der Waals surface area contributed by atoms with E-state index in [-0.39, 0.29) is 0 Å². The highest BCUT2D eigenvalue weighted by Gasteiger charge is 2.06. The Kier molecular flexibility index (Phi) is 6.79. The molecule has 0 unspecified atom stereocenters. The van der Waals surface area contributed by atoms with E-state index >= 15 is 0 Å². The van der Waals surface area contributed by atoms with E-state index in [0.717, 1.165) is 42.0 Å². The summed E-state index contributed by atoms with van der Waals surface area (Å²) in [5.74, 6) is 1.58. The summed E-state index contributed by atoms with van der Waals surface area (Å²) >= 11 is 0. The molecular formula is C15H23NO3. The predicted octanol–water partition coefficient (Wildman–Crippen LogP) is 3.66. The number of ether oxygens (including phenoxy) is 2. The maximum Gasteiger partial charge on any atom is 0.161 e. The van der Waals surface area contributed by atoms with Crippen LogP contribution < -0.4 is 9.47 Å². The van der Waals surface area contributed by atoms with E-state index in [1.54, 1.807) is 0 Å². The summed E-state index contributed by atoms with van der Waals surface area (Å²) in [5, 5.41) is 11.8. The number of benzene rings is 1. The minimum Gasteiger partial charge on any atom is -0.490 e. The molecule has 19 heavy (non-hydrogen) atoms. The van der Waals surface area contributed by atoms with Crippen LogP contribution in [-0.4, -0.2) is 24.1 Å². The van der Waals surface area contributed by atoms with Gasteiger partial charge in [0.2, 0.25) is 0 Å². The van der Waals surface area contributed by atoms with Gasteiger partial charge in [-0.05, 0) is 50.8 Å². The number of aryl methyl sites for hydroxylation is 1. The van der Waals surface area contributed by atoms with Crippen molar-refractivity contribution in [3.8, 4) is 11.5 Å². The van der Waals surface area contributed by atoms with Crippen molar-refractivity contribution >= 4 is 5.71 Å². The van der Waals surface area contributed by atoms with Gasteiger partial charge in [0.25, 0.3) is 0 Å². The van der Waals surface area contributed by atoms with Crippen molar-refractivity contribution in [1.82, 2.24) is 0 Å². The molecular weight excluding hydrogens is 242 g/mol. The zero-order chi connectivity index (χ0) is 14.1. The third-order valence-electron chi connectivity index (χ3n) is 2.72. The highest BCUT2D eigenvalue weighted by molar-refractivity contribution is 5.81. The molecule has 0 saturated heterocycles. The minimum absolute atomic E-state index is 0.614. The fraction of sp³-hybridized carbons (Fsp3) is 0.533. The number of rotatable bonds is 8. The van der Waals surface area contributed by atoms with E-state index in [4.69, 9.17) is 14.7 Å². The third kappa shape index (κ3) is 5.20. The molecule has 4 heteroatoms. The van der Waals surface area contributed by atoms with Crippen LogP contribution in [0.2, 0.25) is 0 Å². The lowest BCUT2D eigenvalue weighted by atomic mass is 10.1. The molecule has 0 radical (unpaired) electrons. The predicted molar refractivity (Wildman–Crippen MR) is 76.6 cm³/mol. The van der Waals surface area contributed by atoms with Crippen molar-refractivity contribution in [3.05, 3.63) is 23.8 Å². The van der Waals surface area contributed by atoms with Gasteiger partial charge in [-0.1, -0.05) is 18.1 Å². The second-order valence-electron chi connectivity index (χ2n) is 4.40. The summed E-state index contributed by atoms with van der Waals surface area (Å²) in [5.41, 5.74) is 1.87. The van der Waals surface area contributed by atoms with Gasteiger partial charge in [0, 0.05) is 0 Å². The lowest BCUT2D eigenvalue weighted by Gasteiger charge is -2.13. The largest absolute Gasteiger partial charge is 0.490 e. The van der Waals surface area contributed by atoms with Gasteiger partial charge in [-0.25, -0.2) is 0 Å². The minimum atomic E-state index is 0.614. The van der Waals surface area contributed by atoms with Gasteiger partial charge in [-0.3, -0.25) is 0 Å². The highest BCUT2D eigenvalue weighted by Crippen LogP contribution is 2.29. The second kappa shape index (κ2) is 8.40. The Morgan fingerprint density at radius 2 is 2.00 bits per heavy atom. The number of hydrogen-bond donors (Lipinski definition) is 1. The molecule has 1 rings (SSSR count). The van der Waals surface area contributed by atoms with Crippen LogP contribution in [0.4, 0.5) is 0 Å². The van der Waals surface area contributed by atoms with Crippen LogP contribution in [0.25, 0.3) is 0 Å². The Bertz CT molecular complexity index is 416. The van der Waals surface area contributed by atoms with E-state index in [1.807, 2.05) is 32.0 Å². The summed E-state index contributed by atoms with van der Waals surface area (Å²) in [6.45, 7) is 7.14. The first kappa shape index (κ1) is 15.3. The number of nitrogens with zero attached hydrogens (tertiary/aromatic N) is 1. The summed E-state index contributed by atoms with van der Waals surface area (Å²) in [7, 11) is 0. The quantitative estimate of drug-likeness (QED) is 0.443. The molecule has 0 aliphatic rings. The van der Waals surface area contributed by atoms with Gasteiger partial charge < -0.3 is 14.7 Å². The monoisotopic (exact) mass is 265 g/mol. The maximum atomic E-state index is 8.64. The molecule has 0 spiro atoms. The normalized spacial score (nSPS) is 11.4. The molecule has 4 nitrogen and oxygen atoms in total. The van der Waals surface area contributed by atoms with Crippen molar-refractivity contribution < 1.29 is 14.7 Å². The van der Waals surface area contributed by atoms with Gasteiger partial charge in [0.1, 0.15) is 0 Å². The Morgan fingerprint density at radius 3 is 2.63 bits per heavy atom. The standard InChI is InChI=1S/C15H23NO3/c1-4-10-19-14-9-8-13(7-6-12(3)16-17)11-15(14)18-5-2/h8-9,11,17H,4-7,10H2,1-3H3/b16-12+. The summed E-state index contributed by atoms with van der Waals surface area (Å²) in [6.07, 6.45) is 2.53. The maximum absolute atomic E-state index is 8.64. The molecule has 1 aromatic carbocycles. The average Bonchev–Trinajstić information content (AvgIpc) is 2.44. The molecule has 106 valence electrons. The van der Waals surface area contributed by atoms with Crippen LogP contribution in [0.5, 0.6) is 11.5 Å². The van der Waals surface area contributed by atoms with Gasteiger partial charge in [0.05, 0.1) is 18.9 Å². The number of oxime groups is 1. The topological polar surface area (TPSA) is 51.0 Å². The van der Waals surface area contributed by atoms with Crippen LogP contribution in [-0.2, 0) is 6.42 Å². The second-order valence-corrected chi connectivity index (χ2v) is 4.40. The van der Waals surface area contributed by atoms with Crippen LogP contribution in [0.15, 0.2) is 23.4 Å². The van der Waals surface area contributed by atoms with Gasteiger partial charge in [0.15, 0.2) is 11.5 Å². The summed E-state index contributed by atoms with van der Waals surface area (Å²) in [6, 6.07) is 5.97. The van der Waals surface area contributed by atoms with Gasteiger partial charge in [-0.2, -0.15) is 0 Å². The van der Waals surface area contributed by atoms with E-state index < -0.39 is 0 Å². The number of hydrogen-bond acceptors (Lipinski definition) is 4. The molecule has 0 bridgehead atoms. The molecule has 0 aliphatic carbocycles. The van der Waals surface area contributed by atoms with Crippen LogP contribution >= 0.6 is 0 Å². The fourth-order valence-electron chi connectivity index (χ4n) is 1.68. The van der Waals surface area contributed by atoms with Crippen molar-refractivity contribution in [2.75, 3.05) is 13.2 Å². The first-order valence-corrected chi connectivity index (χ1v) is 6.77. The van der Waals surface area contributed by atoms with Crippen LogP contribution in [0.1, 0.15) is 39.2 Å². The van der Waals surface area contributed by atoms with E-state index in [2.05, 4.69) is 12.1 Å². The molecule has 0 aliphatic heterocycles. The average molecular weight is 265 g/mol. The van der Waals surface area contributed by atoms with Crippen molar-refractivity contribution in [2.45, 2.75) is 40.0 Å². The Balaban J connectivity index is 2.76. The first-order valence-electron chi connectivity index (χ1n) is 6.77. The molecule has 0 atom stereocenters. The molecule has 0 fully saturated rings. The van der Waals surface area contributed by atoms with Crippen molar-refractivity contribution in [3.63, 3.8) is 0 Å². The van der Waals surface area contributed by atoms with Crippen molar-refractivity contribution in [1.29, 1.82) is 0 Å². The fourth-order valence-corrected chi connectivity index (χ4v) is 1.68. The zero-order valence-electron chi connectivity index (χ0n) is 12.0. The van der Waals surface area contributed by atoms with E-state index in [1.165, 1.54) is 0 Å². The molecule has 0 heterocycles. The molecule has 1 N–H and O–H groups in total. The van der Waals surface area contributed by atoms with Crippen LogP contribution in [0, 0.1) is 0 Å². The SMILES string of the molecule is CCCOc1ccc(CC/C(C)=N/O)cc1OCC. The Labute approximate surface area is 115 Å². The smallest absolute Gasteiger partial charge is 0.161 e. The molecule has 0 saturated carbocycles. The summed E-state index contributed by atoms with van der Waals surface area (Å²) < 4.78 is 11.3. The van der Waals surface area contributed by atoms with Gasteiger partial charge in [-0.15, -0.1) is 0 Å². The summed E-state index contributed by atoms with van der Waals surface area (Å²) in [4.78, 5) is 0. The van der Waals surface area contributed by atoms with E-state index in [9.17, 15) is 0 Å². The van der Waals surface area contributed by atoms with Crippen molar-refractivity contribution in [2.24, 2.45) is 5.16 Å². The van der Waals surface area contributed by atoms with E-state index in [0.29, 0.717) is 13.2 Å². The lowest BCUT2D eigenvalue weighted by Crippen LogP contribution is -2.01. The molecule has 0 amide bonds. The molecule has 0 aromatic heterocycles. The van der Waals surface area contributed by atoms with Gasteiger partial charge >= 0.3 is 0 Å². The third-order valence-corrected chi connectivity index (χ3v) is 2.72. The highest BCUT2D eigenvalue weighted by atomic mass is 16.5.